The summed E-state index contributed by atoms with van der Waals surface area (Å²) < 4.78 is 4.92. The topological polar surface area (TPSA) is 75.7 Å². The first-order valence-corrected chi connectivity index (χ1v) is 7.64. The number of hydrogen-bond acceptors (Lipinski definition) is 5. The zero-order valence-corrected chi connectivity index (χ0v) is 12.6. The molecule has 21 heavy (non-hydrogen) atoms. The number of nitrogens with one attached hydrogen (secondary N) is 1. The number of nitrogens with zero attached hydrogens (tertiary/aromatic N) is 1. The molecule has 114 valence electrons. The van der Waals surface area contributed by atoms with Gasteiger partial charge < -0.3 is 15.0 Å². The molecule has 2 rings (SSSR count). The highest BCUT2D eigenvalue weighted by Crippen LogP contribution is 2.18. The van der Waals surface area contributed by atoms with Crippen LogP contribution in [-0.2, 0) is 25.5 Å². The summed E-state index contributed by atoms with van der Waals surface area (Å²) in [6, 6.07) is 3.96. The van der Waals surface area contributed by atoms with Crippen LogP contribution in [-0.4, -0.2) is 48.9 Å². The van der Waals surface area contributed by atoms with Crippen molar-refractivity contribution in [3.63, 3.8) is 0 Å². The maximum Gasteiger partial charge on any atom is 0.311 e. The number of amides is 2. The summed E-state index contributed by atoms with van der Waals surface area (Å²) >= 11 is 1.46. The largest absolute Gasteiger partial charge is 0.455 e. The third-order valence-corrected chi connectivity index (χ3v) is 3.88. The van der Waals surface area contributed by atoms with Crippen molar-refractivity contribution in [2.24, 2.45) is 0 Å². The fourth-order valence-electron chi connectivity index (χ4n) is 1.66. The fourth-order valence-corrected chi connectivity index (χ4v) is 2.35. The minimum atomic E-state index is -0.443. The van der Waals surface area contributed by atoms with Crippen LogP contribution in [0.15, 0.2) is 17.5 Å². The number of rotatable bonds is 7. The highest BCUT2D eigenvalue weighted by Gasteiger charge is 2.24. The van der Waals surface area contributed by atoms with Crippen LogP contribution in [0.2, 0.25) is 0 Å². The average Bonchev–Trinajstić information content (AvgIpc) is 3.09. The van der Waals surface area contributed by atoms with Crippen LogP contribution in [0.4, 0.5) is 0 Å². The Morgan fingerprint density at radius 3 is 2.81 bits per heavy atom. The summed E-state index contributed by atoms with van der Waals surface area (Å²) in [6.07, 6.45) is 2.17. The van der Waals surface area contributed by atoms with E-state index in [2.05, 4.69) is 5.32 Å². The second kappa shape index (κ2) is 7.21. The highest BCUT2D eigenvalue weighted by molar-refractivity contribution is 7.10. The molecule has 0 radical (unpaired) electrons. The maximum atomic E-state index is 11.8. The molecular weight excluding hydrogens is 292 g/mol. The molecule has 7 heteroatoms. The summed E-state index contributed by atoms with van der Waals surface area (Å²) in [4.78, 5) is 37.0. The molecule has 0 unspecified atom stereocenters. The van der Waals surface area contributed by atoms with Gasteiger partial charge in [0.15, 0.2) is 6.61 Å². The van der Waals surface area contributed by atoms with E-state index in [0.29, 0.717) is 0 Å². The van der Waals surface area contributed by atoms with Gasteiger partial charge in [0.2, 0.25) is 5.91 Å². The number of thiophene rings is 1. The molecule has 0 aromatic carbocycles. The van der Waals surface area contributed by atoms with Gasteiger partial charge in [-0.25, -0.2) is 0 Å². The molecule has 0 bridgehead atoms. The Morgan fingerprint density at radius 2 is 2.19 bits per heavy atom. The number of likely N-dealkylation sites (N-methyl/N-ethyl adjacent to an activating group) is 1. The average molecular weight is 310 g/mol. The van der Waals surface area contributed by atoms with Crippen molar-refractivity contribution in [2.75, 3.05) is 20.2 Å². The number of carbonyl (C=O) groups is 3. The predicted octanol–water partition coefficient (Wildman–Crippen LogP) is 0.571. The second-order valence-electron chi connectivity index (χ2n) is 5.01. The Labute approximate surface area is 127 Å². The van der Waals surface area contributed by atoms with Crippen molar-refractivity contribution in [2.45, 2.75) is 25.3 Å². The number of ether oxygens (including phenoxy) is 1. The number of esters is 1. The lowest BCUT2D eigenvalue weighted by Gasteiger charge is -2.16. The lowest BCUT2D eigenvalue weighted by atomic mass is 10.3. The zero-order chi connectivity index (χ0) is 15.2. The molecule has 6 nitrogen and oxygen atoms in total. The van der Waals surface area contributed by atoms with Gasteiger partial charge in [0.25, 0.3) is 5.91 Å². The third kappa shape index (κ3) is 5.55. The zero-order valence-electron chi connectivity index (χ0n) is 11.8. The predicted molar refractivity (Wildman–Crippen MR) is 77.8 cm³/mol. The maximum absolute atomic E-state index is 11.8. The third-order valence-electron chi connectivity index (χ3n) is 3.00. The van der Waals surface area contributed by atoms with E-state index in [0.717, 1.165) is 17.7 Å². The molecule has 1 saturated carbocycles. The molecule has 0 aliphatic heterocycles. The van der Waals surface area contributed by atoms with E-state index < -0.39 is 5.97 Å². The monoisotopic (exact) mass is 310 g/mol. The molecule has 1 aliphatic rings. The Morgan fingerprint density at radius 1 is 1.43 bits per heavy atom. The van der Waals surface area contributed by atoms with E-state index in [1.807, 2.05) is 17.5 Å². The van der Waals surface area contributed by atoms with E-state index >= 15 is 0 Å². The molecule has 2 amide bonds. The van der Waals surface area contributed by atoms with E-state index in [1.165, 1.54) is 23.3 Å². The van der Waals surface area contributed by atoms with Crippen LogP contribution < -0.4 is 5.32 Å². The number of hydrogen-bond donors (Lipinski definition) is 1. The van der Waals surface area contributed by atoms with Crippen molar-refractivity contribution < 1.29 is 19.1 Å². The molecule has 1 aromatic rings. The lowest BCUT2D eigenvalue weighted by molar-refractivity contribution is -0.151. The molecular formula is C14H18N2O4S. The van der Waals surface area contributed by atoms with Gasteiger partial charge in [0, 0.05) is 18.0 Å². The first-order valence-electron chi connectivity index (χ1n) is 6.76. The number of carbonyl (C=O) groups excluding carboxylic acids is 3. The molecule has 0 atom stereocenters. The van der Waals surface area contributed by atoms with Gasteiger partial charge in [0.1, 0.15) is 0 Å². The van der Waals surface area contributed by atoms with Crippen LogP contribution in [0.5, 0.6) is 0 Å². The quantitative estimate of drug-likeness (QED) is 0.747. The minimum absolute atomic E-state index is 0.0161. The van der Waals surface area contributed by atoms with Crippen LogP contribution in [0.3, 0.4) is 0 Å². The van der Waals surface area contributed by atoms with Crippen LogP contribution >= 0.6 is 11.3 Å². The van der Waals surface area contributed by atoms with Crippen molar-refractivity contribution in [3.8, 4) is 0 Å². The lowest BCUT2D eigenvalue weighted by Crippen LogP contribution is -2.40. The van der Waals surface area contributed by atoms with Gasteiger partial charge in [0.05, 0.1) is 13.0 Å². The van der Waals surface area contributed by atoms with E-state index in [4.69, 9.17) is 4.74 Å². The van der Waals surface area contributed by atoms with Gasteiger partial charge in [-0.1, -0.05) is 6.07 Å². The fraction of sp³-hybridized carbons (Fsp3) is 0.500. The van der Waals surface area contributed by atoms with E-state index in [-0.39, 0.29) is 37.4 Å². The Hall–Kier alpha value is -1.89. The van der Waals surface area contributed by atoms with Crippen LogP contribution in [0.25, 0.3) is 0 Å². The van der Waals surface area contributed by atoms with Crippen LogP contribution in [0, 0.1) is 0 Å². The van der Waals surface area contributed by atoms with E-state index in [1.54, 1.807) is 0 Å². The van der Waals surface area contributed by atoms with Crippen molar-refractivity contribution >= 4 is 29.1 Å². The van der Waals surface area contributed by atoms with Gasteiger partial charge in [-0.15, -0.1) is 11.3 Å². The summed E-state index contributed by atoms with van der Waals surface area (Å²) in [5.74, 6) is -1.01. The normalized spacial score (nSPS) is 13.6. The Balaban J connectivity index is 1.65. The molecule has 1 aliphatic carbocycles. The van der Waals surface area contributed by atoms with E-state index in [9.17, 15) is 14.4 Å². The standard InChI is InChI=1S/C14H18N2O4S/c1-16(8-12(17)15-10-4-5-10)13(18)9-20-14(19)7-11-3-2-6-21-11/h2-3,6,10H,4-5,7-9H2,1H3,(H,15,17). The molecule has 1 N–H and O–H groups in total. The van der Waals surface area contributed by atoms with Crippen molar-refractivity contribution in [3.05, 3.63) is 22.4 Å². The Kier molecular flexibility index (Phi) is 5.32. The second-order valence-corrected chi connectivity index (χ2v) is 6.04. The first kappa shape index (κ1) is 15.5. The minimum Gasteiger partial charge on any atom is -0.455 e. The highest BCUT2D eigenvalue weighted by atomic mass is 32.1. The van der Waals surface area contributed by atoms with Gasteiger partial charge >= 0.3 is 5.97 Å². The van der Waals surface area contributed by atoms with Crippen molar-refractivity contribution in [1.29, 1.82) is 0 Å². The summed E-state index contributed by atoms with van der Waals surface area (Å²) in [5.41, 5.74) is 0. The smallest absolute Gasteiger partial charge is 0.311 e. The first-order chi connectivity index (χ1) is 10.0. The molecule has 1 aromatic heterocycles. The molecule has 0 spiro atoms. The van der Waals surface area contributed by atoms with Gasteiger partial charge in [-0.3, -0.25) is 14.4 Å². The molecule has 1 fully saturated rings. The summed E-state index contributed by atoms with van der Waals surface area (Å²) in [7, 11) is 1.52. The van der Waals surface area contributed by atoms with Gasteiger partial charge in [-0.05, 0) is 24.3 Å². The Bertz CT molecular complexity index is 511. The summed E-state index contributed by atoms with van der Waals surface area (Å²) in [5, 5.41) is 4.67. The molecule has 0 saturated heterocycles. The van der Waals surface area contributed by atoms with Crippen LogP contribution in [0.1, 0.15) is 17.7 Å². The van der Waals surface area contributed by atoms with Crippen molar-refractivity contribution in [1.82, 2.24) is 10.2 Å². The van der Waals surface area contributed by atoms with Gasteiger partial charge in [-0.2, -0.15) is 0 Å². The SMILES string of the molecule is CN(CC(=O)NC1CC1)C(=O)COC(=O)Cc1cccs1. The summed E-state index contributed by atoms with van der Waals surface area (Å²) in [6.45, 7) is -0.352. The molecule has 1 heterocycles.